The van der Waals surface area contributed by atoms with Gasteiger partial charge in [0.2, 0.25) is 0 Å². The summed E-state index contributed by atoms with van der Waals surface area (Å²) in [5.41, 5.74) is 11.2. The number of aryl methyl sites for hydroxylation is 1. The van der Waals surface area contributed by atoms with Crippen molar-refractivity contribution in [1.82, 2.24) is 0 Å². The summed E-state index contributed by atoms with van der Waals surface area (Å²) in [6.07, 6.45) is 11.1. The van der Waals surface area contributed by atoms with Crippen molar-refractivity contribution in [2.75, 3.05) is 0 Å². The van der Waals surface area contributed by atoms with Gasteiger partial charge in [0.15, 0.2) is 0 Å². The zero-order valence-corrected chi connectivity index (χ0v) is 22.7. The highest BCUT2D eigenvalue weighted by Crippen LogP contribution is 2.46. The molecule has 4 aromatic carbocycles. The summed E-state index contributed by atoms with van der Waals surface area (Å²) in [6.45, 7) is 2.82. The minimum absolute atomic E-state index is 0.0245. The summed E-state index contributed by atoms with van der Waals surface area (Å²) in [5, 5.41) is 2.86. The first-order valence-electron chi connectivity index (χ1n) is 14.5. The van der Waals surface area contributed by atoms with Crippen LogP contribution in [-0.4, -0.2) is 18.0 Å². The maximum absolute atomic E-state index is 6.40. The van der Waals surface area contributed by atoms with Gasteiger partial charge >= 0.3 is 0 Å². The van der Waals surface area contributed by atoms with E-state index in [0.717, 1.165) is 53.1 Å². The average molecular weight is 520 g/mol. The van der Waals surface area contributed by atoms with Gasteiger partial charge in [0.25, 0.3) is 0 Å². The third-order valence-electron chi connectivity index (χ3n) is 9.07. The Morgan fingerprint density at radius 2 is 1.85 bits per heavy atom. The standard InChI is InChI=1S/C37H31N2O/c1-23-14-15-25-16-17-27-26-11-7-12-30(28(26)18-19-29(27)32(25)20-23)36-37-35(31-10-5-6-13-33(31)39-37)34(21-38-36)40-22-24-8-3-2-4-9-24/h2-5,8-10,13-19,21,23,30,36H,7,11-12,20,22H2,1H3. The number of aliphatic imine (C=N–C) groups is 2. The first kappa shape index (κ1) is 23.6. The number of rotatable bonds is 4. The van der Waals surface area contributed by atoms with Crippen LogP contribution in [-0.2, 0) is 24.2 Å². The van der Waals surface area contributed by atoms with Crippen molar-refractivity contribution < 1.29 is 4.74 Å². The Labute approximate surface area is 235 Å². The fourth-order valence-corrected chi connectivity index (χ4v) is 7.16. The number of ether oxygens (including phenoxy) is 1. The molecule has 0 saturated carbocycles. The SMILES string of the molecule is CC1C=Cc2ccc3c4c(ccc3c2C1)C(C1N=CC(OCc2ccccc2)=C2C1=Nc1c[c]ccc12)CCC4. The van der Waals surface area contributed by atoms with Crippen LogP contribution in [0.25, 0.3) is 22.4 Å². The molecule has 195 valence electrons. The number of benzene rings is 4. The molecule has 0 N–H and O–H groups in total. The monoisotopic (exact) mass is 519 g/mol. The zero-order valence-electron chi connectivity index (χ0n) is 22.7. The van der Waals surface area contributed by atoms with Crippen molar-refractivity contribution in [3.8, 4) is 0 Å². The van der Waals surface area contributed by atoms with Crippen molar-refractivity contribution in [2.45, 2.75) is 51.2 Å². The highest BCUT2D eigenvalue weighted by molar-refractivity contribution is 6.35. The number of fused-ring (bicyclic) bond motifs is 8. The van der Waals surface area contributed by atoms with E-state index in [1.807, 2.05) is 36.5 Å². The lowest BCUT2D eigenvalue weighted by Crippen LogP contribution is -2.32. The smallest absolute Gasteiger partial charge is 0.147 e. The van der Waals surface area contributed by atoms with Gasteiger partial charge in [-0.2, -0.15) is 0 Å². The summed E-state index contributed by atoms with van der Waals surface area (Å²) >= 11 is 0. The quantitative estimate of drug-likeness (QED) is 0.266. The molecule has 4 aromatic rings. The van der Waals surface area contributed by atoms with Crippen molar-refractivity contribution in [3.05, 3.63) is 124 Å². The van der Waals surface area contributed by atoms with E-state index >= 15 is 0 Å². The average Bonchev–Trinajstić information content (AvgIpc) is 3.40. The lowest BCUT2D eigenvalue weighted by Gasteiger charge is -2.33. The number of hydrogen-bond donors (Lipinski definition) is 0. The maximum atomic E-state index is 6.40. The summed E-state index contributed by atoms with van der Waals surface area (Å²) in [6, 6.07) is 29.1. The summed E-state index contributed by atoms with van der Waals surface area (Å²) < 4.78 is 6.40. The molecule has 0 aromatic heterocycles. The Morgan fingerprint density at radius 3 is 2.77 bits per heavy atom. The molecule has 2 aliphatic carbocycles. The number of nitrogens with zero attached hydrogens (tertiary/aromatic N) is 2. The molecule has 1 radical (unpaired) electrons. The minimum atomic E-state index is -0.0245. The Bertz CT molecular complexity index is 1780. The van der Waals surface area contributed by atoms with Gasteiger partial charge < -0.3 is 4.74 Å². The van der Waals surface area contributed by atoms with Gasteiger partial charge in [-0.3, -0.25) is 4.99 Å². The lowest BCUT2D eigenvalue weighted by molar-refractivity contribution is 0.221. The number of allylic oxidation sites excluding steroid dienone is 2. The lowest BCUT2D eigenvalue weighted by atomic mass is 9.73. The summed E-state index contributed by atoms with van der Waals surface area (Å²) in [4.78, 5) is 10.3. The molecule has 0 amide bonds. The molecule has 3 atom stereocenters. The molecule has 4 aliphatic rings. The van der Waals surface area contributed by atoms with Crippen LogP contribution in [0.4, 0.5) is 5.69 Å². The normalized spacial score (nSPS) is 22.4. The zero-order chi connectivity index (χ0) is 26.6. The largest absolute Gasteiger partial charge is 0.487 e. The third-order valence-corrected chi connectivity index (χ3v) is 9.07. The van der Waals surface area contributed by atoms with Crippen LogP contribution in [0.15, 0.2) is 94.6 Å². The molecule has 8 rings (SSSR count). The summed E-state index contributed by atoms with van der Waals surface area (Å²) in [7, 11) is 0. The highest BCUT2D eigenvalue weighted by atomic mass is 16.5. The third kappa shape index (κ3) is 3.79. The first-order valence-corrected chi connectivity index (χ1v) is 14.5. The first-order chi connectivity index (χ1) is 19.7. The van der Waals surface area contributed by atoms with Crippen LogP contribution < -0.4 is 0 Å². The van der Waals surface area contributed by atoms with Gasteiger partial charge in [-0.05, 0) is 82.3 Å². The highest BCUT2D eigenvalue weighted by Gasteiger charge is 2.39. The van der Waals surface area contributed by atoms with E-state index in [4.69, 9.17) is 14.7 Å². The molecule has 3 nitrogen and oxygen atoms in total. The number of hydrogen-bond acceptors (Lipinski definition) is 3. The van der Waals surface area contributed by atoms with Crippen molar-refractivity contribution in [3.63, 3.8) is 0 Å². The molecule has 3 heteroatoms. The topological polar surface area (TPSA) is 34.0 Å². The molecular formula is C37H31N2O. The van der Waals surface area contributed by atoms with Crippen molar-refractivity contribution in [2.24, 2.45) is 15.9 Å². The predicted octanol–water partition coefficient (Wildman–Crippen LogP) is 8.43. The minimum Gasteiger partial charge on any atom is -0.487 e. The van der Waals surface area contributed by atoms with E-state index in [9.17, 15) is 0 Å². The van der Waals surface area contributed by atoms with Crippen LogP contribution >= 0.6 is 0 Å². The van der Waals surface area contributed by atoms with Crippen LogP contribution in [0.1, 0.15) is 59.1 Å². The second kappa shape index (κ2) is 9.45. The molecular weight excluding hydrogens is 488 g/mol. The Kier molecular flexibility index (Phi) is 5.58. The molecule has 0 saturated heterocycles. The molecule has 2 heterocycles. The molecule has 0 spiro atoms. The van der Waals surface area contributed by atoms with Crippen molar-refractivity contribution >= 4 is 40.0 Å². The second-order valence-electron chi connectivity index (χ2n) is 11.6. The fourth-order valence-electron chi connectivity index (χ4n) is 7.16. The molecule has 40 heavy (non-hydrogen) atoms. The van der Waals surface area contributed by atoms with Crippen LogP contribution in [0.3, 0.4) is 0 Å². The van der Waals surface area contributed by atoms with Crippen molar-refractivity contribution in [1.29, 1.82) is 0 Å². The van der Waals surface area contributed by atoms with Gasteiger partial charge in [0, 0.05) is 11.5 Å². The van der Waals surface area contributed by atoms with Gasteiger partial charge in [-0.1, -0.05) is 85.8 Å². The van der Waals surface area contributed by atoms with Crippen LogP contribution in [0, 0.1) is 12.0 Å². The molecule has 3 unspecified atom stereocenters. The van der Waals surface area contributed by atoms with Gasteiger partial charge in [-0.25, -0.2) is 4.99 Å². The van der Waals surface area contributed by atoms with E-state index < -0.39 is 0 Å². The van der Waals surface area contributed by atoms with E-state index in [-0.39, 0.29) is 6.04 Å². The Morgan fingerprint density at radius 1 is 0.975 bits per heavy atom. The maximum Gasteiger partial charge on any atom is 0.147 e. The van der Waals surface area contributed by atoms with E-state index in [0.29, 0.717) is 18.4 Å². The fraction of sp³-hybridized carbons (Fsp3) is 0.243. The Balaban J connectivity index is 1.19. The van der Waals surface area contributed by atoms with E-state index in [1.54, 1.807) is 0 Å². The molecule has 2 aliphatic heterocycles. The van der Waals surface area contributed by atoms with Crippen LogP contribution in [0.2, 0.25) is 0 Å². The van der Waals surface area contributed by atoms with E-state index in [2.05, 4.69) is 67.6 Å². The molecule has 0 bridgehead atoms. The van der Waals surface area contributed by atoms with Gasteiger partial charge in [0.05, 0.1) is 29.2 Å². The van der Waals surface area contributed by atoms with Gasteiger partial charge in [0.1, 0.15) is 12.4 Å². The second-order valence-corrected chi connectivity index (χ2v) is 11.6. The Hall–Kier alpha value is -4.24. The number of dihydropyridines is 1. The van der Waals surface area contributed by atoms with Crippen LogP contribution in [0.5, 0.6) is 0 Å². The predicted molar refractivity (Wildman–Crippen MR) is 164 cm³/mol. The summed E-state index contributed by atoms with van der Waals surface area (Å²) in [5.74, 6) is 1.69. The van der Waals surface area contributed by atoms with Gasteiger partial charge in [-0.15, -0.1) is 0 Å². The van der Waals surface area contributed by atoms with E-state index in [1.165, 1.54) is 39.4 Å². The molecule has 0 fully saturated rings.